The fourth-order valence-corrected chi connectivity index (χ4v) is 3.30. The lowest BCUT2D eigenvalue weighted by Gasteiger charge is -2.27. The van der Waals surface area contributed by atoms with Gasteiger partial charge in [-0.3, -0.25) is 0 Å². The van der Waals surface area contributed by atoms with Gasteiger partial charge in [0.1, 0.15) is 0 Å². The van der Waals surface area contributed by atoms with Crippen LogP contribution in [-0.4, -0.2) is 26.7 Å². The van der Waals surface area contributed by atoms with Crippen LogP contribution in [0.5, 0.6) is 0 Å². The molecule has 1 aliphatic rings. The maximum absolute atomic E-state index is 3.66. The third kappa shape index (κ3) is 5.16. The van der Waals surface area contributed by atoms with E-state index in [1.807, 2.05) is 0 Å². The molecule has 1 saturated carbocycles. The summed E-state index contributed by atoms with van der Waals surface area (Å²) in [6.07, 6.45) is 6.95. The average Bonchev–Trinajstić information content (AvgIpc) is 2.48. The molecule has 0 radical (unpaired) electrons. The zero-order valence-corrected chi connectivity index (χ0v) is 13.1. The van der Waals surface area contributed by atoms with Crippen molar-refractivity contribution < 1.29 is 0 Å². The van der Waals surface area contributed by atoms with Gasteiger partial charge < -0.3 is 10.2 Å². The molecule has 0 bridgehead atoms. The lowest BCUT2D eigenvalue weighted by Crippen LogP contribution is -2.29. The van der Waals surface area contributed by atoms with Crippen molar-refractivity contribution in [2.45, 2.75) is 39.0 Å². The van der Waals surface area contributed by atoms with Crippen molar-refractivity contribution in [3.8, 4) is 0 Å². The fraction of sp³-hybridized carbons (Fsp3) is 0.667. The first-order chi connectivity index (χ1) is 9.75. The van der Waals surface area contributed by atoms with Crippen LogP contribution in [0.1, 0.15) is 39.0 Å². The number of para-hydroxylation sites is 1. The second-order valence-electron chi connectivity index (χ2n) is 6.45. The molecule has 2 heteroatoms. The zero-order valence-electron chi connectivity index (χ0n) is 13.1. The number of anilines is 1. The van der Waals surface area contributed by atoms with E-state index in [0.29, 0.717) is 0 Å². The van der Waals surface area contributed by atoms with Crippen molar-refractivity contribution >= 4 is 5.69 Å². The zero-order chi connectivity index (χ0) is 14.2. The lowest BCUT2D eigenvalue weighted by atomic mass is 9.82. The highest BCUT2D eigenvalue weighted by Crippen LogP contribution is 2.27. The Morgan fingerprint density at radius 2 is 2.00 bits per heavy atom. The molecule has 1 aromatic carbocycles. The second kappa shape index (κ2) is 8.31. The molecule has 112 valence electrons. The number of nitrogens with zero attached hydrogens (tertiary/aromatic N) is 1. The molecule has 1 aliphatic carbocycles. The van der Waals surface area contributed by atoms with Crippen LogP contribution in [-0.2, 0) is 0 Å². The number of hydrogen-bond donors (Lipinski definition) is 1. The first kappa shape index (κ1) is 15.4. The molecule has 1 fully saturated rings. The molecule has 0 aromatic heterocycles. The van der Waals surface area contributed by atoms with E-state index in [-0.39, 0.29) is 0 Å². The molecule has 0 spiro atoms. The van der Waals surface area contributed by atoms with E-state index in [0.717, 1.165) is 24.9 Å². The Bertz CT molecular complexity index is 363. The third-order valence-corrected chi connectivity index (χ3v) is 4.52. The summed E-state index contributed by atoms with van der Waals surface area (Å²) in [6.45, 7) is 5.89. The summed E-state index contributed by atoms with van der Waals surface area (Å²) in [7, 11) is 2.18. The molecular formula is C18H30N2. The summed E-state index contributed by atoms with van der Waals surface area (Å²) in [6, 6.07) is 10.6. The molecule has 0 aliphatic heterocycles. The highest BCUT2D eigenvalue weighted by molar-refractivity contribution is 5.44. The Hall–Kier alpha value is -1.02. The van der Waals surface area contributed by atoms with E-state index in [4.69, 9.17) is 0 Å². The van der Waals surface area contributed by atoms with Gasteiger partial charge in [-0.05, 0) is 56.3 Å². The van der Waals surface area contributed by atoms with E-state index >= 15 is 0 Å². The Balaban J connectivity index is 1.55. The van der Waals surface area contributed by atoms with Crippen LogP contribution in [0.25, 0.3) is 0 Å². The molecule has 2 rings (SSSR count). The number of rotatable bonds is 7. The van der Waals surface area contributed by atoms with E-state index in [2.05, 4.69) is 54.5 Å². The van der Waals surface area contributed by atoms with Gasteiger partial charge in [0, 0.05) is 19.3 Å². The summed E-state index contributed by atoms with van der Waals surface area (Å²) in [5, 5.41) is 3.66. The maximum atomic E-state index is 3.66. The Morgan fingerprint density at radius 1 is 1.20 bits per heavy atom. The van der Waals surface area contributed by atoms with Crippen LogP contribution in [0, 0.1) is 11.8 Å². The molecular weight excluding hydrogens is 244 g/mol. The smallest absolute Gasteiger partial charge is 0.0363 e. The molecule has 0 saturated heterocycles. The SMILES string of the molecule is CC1CCCC(CNCCCN(C)c2ccccc2)C1. The van der Waals surface area contributed by atoms with Crippen LogP contribution < -0.4 is 10.2 Å². The van der Waals surface area contributed by atoms with Crippen LogP contribution in [0.2, 0.25) is 0 Å². The summed E-state index contributed by atoms with van der Waals surface area (Å²) < 4.78 is 0. The Morgan fingerprint density at radius 3 is 2.75 bits per heavy atom. The molecule has 1 N–H and O–H groups in total. The van der Waals surface area contributed by atoms with Gasteiger partial charge in [-0.25, -0.2) is 0 Å². The minimum atomic E-state index is 0.922. The predicted octanol–water partition coefficient (Wildman–Crippen LogP) is 3.93. The summed E-state index contributed by atoms with van der Waals surface area (Å²) >= 11 is 0. The quantitative estimate of drug-likeness (QED) is 0.758. The minimum Gasteiger partial charge on any atom is -0.375 e. The van der Waals surface area contributed by atoms with Crippen molar-refractivity contribution in [3.63, 3.8) is 0 Å². The van der Waals surface area contributed by atoms with Crippen molar-refractivity contribution in [2.24, 2.45) is 11.8 Å². The third-order valence-electron chi connectivity index (χ3n) is 4.52. The van der Waals surface area contributed by atoms with Gasteiger partial charge in [-0.15, -0.1) is 0 Å². The van der Waals surface area contributed by atoms with Crippen molar-refractivity contribution in [1.29, 1.82) is 0 Å². The van der Waals surface area contributed by atoms with E-state index in [1.165, 1.54) is 44.3 Å². The molecule has 2 atom stereocenters. The molecule has 1 aromatic rings. The highest BCUT2D eigenvalue weighted by Gasteiger charge is 2.17. The van der Waals surface area contributed by atoms with Gasteiger partial charge in [0.2, 0.25) is 0 Å². The monoisotopic (exact) mass is 274 g/mol. The summed E-state index contributed by atoms with van der Waals surface area (Å²) in [4.78, 5) is 2.34. The molecule has 0 amide bonds. The first-order valence-corrected chi connectivity index (χ1v) is 8.22. The molecule has 20 heavy (non-hydrogen) atoms. The number of nitrogens with one attached hydrogen (secondary N) is 1. The van der Waals surface area contributed by atoms with E-state index < -0.39 is 0 Å². The first-order valence-electron chi connectivity index (χ1n) is 8.22. The van der Waals surface area contributed by atoms with Crippen LogP contribution >= 0.6 is 0 Å². The predicted molar refractivity (Wildman–Crippen MR) is 88.3 cm³/mol. The summed E-state index contributed by atoms with van der Waals surface area (Å²) in [5.41, 5.74) is 1.31. The second-order valence-corrected chi connectivity index (χ2v) is 6.45. The van der Waals surface area contributed by atoms with Crippen LogP contribution in [0.4, 0.5) is 5.69 Å². The summed E-state index contributed by atoms with van der Waals surface area (Å²) in [5.74, 6) is 1.87. The maximum Gasteiger partial charge on any atom is 0.0363 e. The van der Waals surface area contributed by atoms with E-state index in [9.17, 15) is 0 Å². The van der Waals surface area contributed by atoms with Crippen molar-refractivity contribution in [1.82, 2.24) is 5.32 Å². The Labute approximate surface area is 124 Å². The largest absolute Gasteiger partial charge is 0.375 e. The highest BCUT2D eigenvalue weighted by atomic mass is 15.1. The average molecular weight is 274 g/mol. The minimum absolute atomic E-state index is 0.922. The fourth-order valence-electron chi connectivity index (χ4n) is 3.30. The molecule has 0 heterocycles. The molecule has 2 nitrogen and oxygen atoms in total. The molecule has 2 unspecified atom stereocenters. The number of hydrogen-bond acceptors (Lipinski definition) is 2. The van der Waals surface area contributed by atoms with E-state index in [1.54, 1.807) is 0 Å². The van der Waals surface area contributed by atoms with Gasteiger partial charge in [0.25, 0.3) is 0 Å². The van der Waals surface area contributed by atoms with Gasteiger partial charge >= 0.3 is 0 Å². The van der Waals surface area contributed by atoms with Crippen molar-refractivity contribution in [3.05, 3.63) is 30.3 Å². The van der Waals surface area contributed by atoms with Gasteiger partial charge in [0.15, 0.2) is 0 Å². The Kier molecular flexibility index (Phi) is 6.38. The van der Waals surface area contributed by atoms with Gasteiger partial charge in [-0.1, -0.05) is 38.0 Å². The van der Waals surface area contributed by atoms with Gasteiger partial charge in [0.05, 0.1) is 0 Å². The van der Waals surface area contributed by atoms with Crippen molar-refractivity contribution in [2.75, 3.05) is 31.6 Å². The standard InChI is InChI=1S/C18H30N2/c1-16-8-6-9-17(14-16)15-19-12-7-13-20(2)18-10-4-3-5-11-18/h3-5,10-11,16-17,19H,6-9,12-15H2,1-2H3. The lowest BCUT2D eigenvalue weighted by molar-refractivity contribution is 0.274. The topological polar surface area (TPSA) is 15.3 Å². The van der Waals surface area contributed by atoms with Gasteiger partial charge in [-0.2, -0.15) is 0 Å². The normalized spacial score (nSPS) is 22.7. The van der Waals surface area contributed by atoms with Crippen LogP contribution in [0.15, 0.2) is 30.3 Å². The van der Waals surface area contributed by atoms with Crippen LogP contribution in [0.3, 0.4) is 0 Å². The number of benzene rings is 1.